The molecule has 82 valence electrons. The van der Waals surface area contributed by atoms with Crippen LogP contribution in [0.4, 0.5) is 0 Å². The fourth-order valence-electron chi connectivity index (χ4n) is 0.974. The summed E-state index contributed by atoms with van der Waals surface area (Å²) in [6.45, 7) is 1.28. The molecule has 1 aromatic carbocycles. The van der Waals surface area contributed by atoms with Crippen LogP contribution < -0.4 is 5.14 Å². The van der Waals surface area contributed by atoms with E-state index < -0.39 is 10.0 Å². The van der Waals surface area contributed by atoms with Gasteiger partial charge in [0.15, 0.2) is 5.78 Å². The summed E-state index contributed by atoms with van der Waals surface area (Å²) in [5.74, 6) is -0.321. The van der Waals surface area contributed by atoms with Crippen molar-refractivity contribution in [2.24, 2.45) is 5.14 Å². The van der Waals surface area contributed by atoms with Crippen molar-refractivity contribution in [2.75, 3.05) is 0 Å². The van der Waals surface area contributed by atoms with Gasteiger partial charge in [-0.2, -0.15) is 0 Å². The molecule has 0 aliphatic heterocycles. The highest BCUT2D eigenvalue weighted by Gasteiger charge is 2.18. The van der Waals surface area contributed by atoms with Crippen LogP contribution in [0.1, 0.15) is 17.3 Å². The molecule has 0 saturated heterocycles. The van der Waals surface area contributed by atoms with Crippen LogP contribution in [0.25, 0.3) is 0 Å². The summed E-state index contributed by atoms with van der Waals surface area (Å²) >= 11 is 11.3. The molecule has 1 rings (SSSR count). The molecule has 4 nitrogen and oxygen atoms in total. The van der Waals surface area contributed by atoms with E-state index in [1.54, 1.807) is 0 Å². The van der Waals surface area contributed by atoms with E-state index in [4.69, 9.17) is 28.3 Å². The number of ketones is 1. The van der Waals surface area contributed by atoms with Crippen molar-refractivity contribution >= 4 is 39.0 Å². The molecule has 1 aromatic rings. The minimum atomic E-state index is -3.98. The minimum Gasteiger partial charge on any atom is -0.295 e. The summed E-state index contributed by atoms with van der Waals surface area (Å²) in [5, 5.41) is 4.72. The van der Waals surface area contributed by atoms with Crippen LogP contribution in [0.2, 0.25) is 10.0 Å². The molecule has 0 bridgehead atoms. The van der Waals surface area contributed by atoms with Crippen molar-refractivity contribution in [2.45, 2.75) is 11.8 Å². The first kappa shape index (κ1) is 12.4. The number of hydrogen-bond acceptors (Lipinski definition) is 3. The molecule has 0 aromatic heterocycles. The lowest BCUT2D eigenvalue weighted by Crippen LogP contribution is -2.13. The van der Waals surface area contributed by atoms with Gasteiger partial charge in [0.25, 0.3) is 0 Å². The van der Waals surface area contributed by atoms with Crippen LogP contribution in [0.3, 0.4) is 0 Å². The van der Waals surface area contributed by atoms with Crippen LogP contribution in [0, 0.1) is 0 Å². The smallest absolute Gasteiger partial charge is 0.239 e. The first-order chi connectivity index (χ1) is 6.73. The highest BCUT2D eigenvalue weighted by molar-refractivity contribution is 7.89. The van der Waals surface area contributed by atoms with Crippen molar-refractivity contribution in [1.82, 2.24) is 0 Å². The number of halogens is 2. The zero-order valence-corrected chi connectivity index (χ0v) is 9.95. The Morgan fingerprint density at radius 3 is 2.27 bits per heavy atom. The summed E-state index contributed by atoms with van der Waals surface area (Å²) in [6.07, 6.45) is 0. The molecule has 0 unspecified atom stereocenters. The standard InChI is InChI=1S/C8H7Cl2NO3S/c1-4(12)5-2-6(9)8(10)7(3-5)15(11,13)14/h2-3H,1H3,(H2,11,13,14). The van der Waals surface area contributed by atoms with Gasteiger partial charge in [0.2, 0.25) is 10.0 Å². The number of benzene rings is 1. The van der Waals surface area contributed by atoms with Gasteiger partial charge < -0.3 is 0 Å². The molecule has 0 fully saturated rings. The summed E-state index contributed by atoms with van der Waals surface area (Å²) < 4.78 is 22.2. The zero-order chi connectivity index (χ0) is 11.8. The van der Waals surface area contributed by atoms with E-state index in [2.05, 4.69) is 0 Å². The number of hydrogen-bond donors (Lipinski definition) is 1. The number of carbonyl (C=O) groups excluding carboxylic acids is 1. The Kier molecular flexibility index (Phi) is 3.40. The molecule has 0 radical (unpaired) electrons. The van der Waals surface area contributed by atoms with Gasteiger partial charge in [0.05, 0.1) is 10.0 Å². The van der Waals surface area contributed by atoms with Gasteiger partial charge >= 0.3 is 0 Å². The lowest BCUT2D eigenvalue weighted by Gasteiger charge is -2.05. The molecule has 2 N–H and O–H groups in total. The fraction of sp³-hybridized carbons (Fsp3) is 0.125. The SMILES string of the molecule is CC(=O)c1cc(Cl)c(Cl)c(S(N)(=O)=O)c1. The molecule has 15 heavy (non-hydrogen) atoms. The summed E-state index contributed by atoms with van der Waals surface area (Å²) in [5.41, 5.74) is 0.147. The average molecular weight is 268 g/mol. The van der Waals surface area contributed by atoms with Gasteiger partial charge in [-0.1, -0.05) is 23.2 Å². The molecular weight excluding hydrogens is 261 g/mol. The van der Waals surface area contributed by atoms with Crippen LogP contribution in [-0.2, 0) is 10.0 Å². The number of nitrogens with two attached hydrogens (primary N) is 1. The zero-order valence-electron chi connectivity index (χ0n) is 7.62. The molecule has 0 heterocycles. The Balaban J connectivity index is 3.59. The topological polar surface area (TPSA) is 77.2 Å². The molecule has 0 amide bonds. The normalized spacial score (nSPS) is 11.5. The van der Waals surface area contributed by atoms with Crippen LogP contribution in [0.5, 0.6) is 0 Å². The number of rotatable bonds is 2. The van der Waals surface area contributed by atoms with Crippen molar-refractivity contribution in [3.8, 4) is 0 Å². The molecule has 0 atom stereocenters. The van der Waals surface area contributed by atoms with Crippen LogP contribution >= 0.6 is 23.2 Å². The minimum absolute atomic E-state index is 0.0200. The van der Waals surface area contributed by atoms with Gasteiger partial charge in [-0.25, -0.2) is 13.6 Å². The summed E-state index contributed by atoms with van der Waals surface area (Å²) in [6, 6.07) is 2.40. The highest BCUT2D eigenvalue weighted by Crippen LogP contribution is 2.30. The molecule has 0 saturated carbocycles. The van der Waals surface area contributed by atoms with E-state index in [0.29, 0.717) is 0 Å². The maximum atomic E-state index is 11.1. The predicted octanol–water partition coefficient (Wildman–Crippen LogP) is 1.84. The molecular formula is C8H7Cl2NO3S. The van der Waals surface area contributed by atoms with Gasteiger partial charge in [0, 0.05) is 5.56 Å². The second-order valence-electron chi connectivity index (χ2n) is 2.87. The Labute approximate surface area is 97.0 Å². The summed E-state index contributed by atoms with van der Waals surface area (Å²) in [4.78, 5) is 10.7. The van der Waals surface area contributed by atoms with E-state index in [9.17, 15) is 13.2 Å². The van der Waals surface area contributed by atoms with Crippen molar-refractivity contribution in [3.05, 3.63) is 27.7 Å². The number of carbonyl (C=O) groups is 1. The third kappa shape index (κ3) is 2.69. The second kappa shape index (κ2) is 4.09. The third-order valence-electron chi connectivity index (χ3n) is 1.71. The lowest BCUT2D eigenvalue weighted by atomic mass is 10.1. The first-order valence-electron chi connectivity index (χ1n) is 3.76. The van der Waals surface area contributed by atoms with Crippen molar-refractivity contribution in [1.29, 1.82) is 0 Å². The van der Waals surface area contributed by atoms with E-state index in [1.807, 2.05) is 0 Å². The first-order valence-corrected chi connectivity index (χ1v) is 6.06. The Morgan fingerprint density at radius 1 is 1.33 bits per heavy atom. The van der Waals surface area contributed by atoms with Gasteiger partial charge in [-0.05, 0) is 19.1 Å². The van der Waals surface area contributed by atoms with Crippen molar-refractivity contribution in [3.63, 3.8) is 0 Å². The molecule has 0 aliphatic rings. The maximum absolute atomic E-state index is 11.1. The Hall–Kier alpha value is -0.620. The number of primary sulfonamides is 1. The fourth-order valence-corrected chi connectivity index (χ4v) is 2.33. The van der Waals surface area contributed by atoms with Crippen LogP contribution in [-0.4, -0.2) is 14.2 Å². The maximum Gasteiger partial charge on any atom is 0.239 e. The summed E-state index contributed by atoms with van der Waals surface area (Å²) in [7, 11) is -3.98. The predicted molar refractivity (Wildman–Crippen MR) is 57.8 cm³/mol. The molecule has 0 spiro atoms. The lowest BCUT2D eigenvalue weighted by molar-refractivity contribution is 0.101. The quantitative estimate of drug-likeness (QED) is 0.831. The number of Topliss-reactive ketones (excluding diaryl/α,β-unsaturated/α-hetero) is 1. The van der Waals surface area contributed by atoms with E-state index >= 15 is 0 Å². The van der Waals surface area contributed by atoms with E-state index in [-0.39, 0.29) is 26.3 Å². The Bertz CT molecular complexity index is 525. The Morgan fingerprint density at radius 2 is 1.87 bits per heavy atom. The molecule has 0 aliphatic carbocycles. The van der Waals surface area contributed by atoms with Crippen LogP contribution in [0.15, 0.2) is 17.0 Å². The largest absolute Gasteiger partial charge is 0.295 e. The second-order valence-corrected chi connectivity index (χ2v) is 5.19. The van der Waals surface area contributed by atoms with Gasteiger partial charge in [0.1, 0.15) is 4.90 Å². The van der Waals surface area contributed by atoms with Gasteiger partial charge in [-0.3, -0.25) is 4.79 Å². The van der Waals surface area contributed by atoms with E-state index in [0.717, 1.165) is 6.07 Å². The van der Waals surface area contributed by atoms with Crippen molar-refractivity contribution < 1.29 is 13.2 Å². The monoisotopic (exact) mass is 267 g/mol. The number of sulfonamides is 1. The third-order valence-corrected chi connectivity index (χ3v) is 3.56. The average Bonchev–Trinajstić information content (AvgIpc) is 2.06. The molecule has 7 heteroatoms. The van der Waals surface area contributed by atoms with E-state index in [1.165, 1.54) is 13.0 Å². The van der Waals surface area contributed by atoms with Gasteiger partial charge in [-0.15, -0.1) is 0 Å². The highest BCUT2D eigenvalue weighted by atomic mass is 35.5.